The quantitative estimate of drug-likeness (QED) is 0.524. The number of carbonyl (C=O) groups excluding carboxylic acids is 1. The van der Waals surface area contributed by atoms with Gasteiger partial charge in [0.15, 0.2) is 0 Å². The number of hydrogen-bond acceptors (Lipinski definition) is 3. The lowest BCUT2D eigenvalue weighted by Crippen LogP contribution is -2.19. The molecular weight excluding hydrogens is 312 g/mol. The fraction of sp³-hybridized carbons (Fsp3) is 0.409. The van der Waals surface area contributed by atoms with E-state index in [2.05, 4.69) is 26.0 Å². The van der Waals surface area contributed by atoms with Gasteiger partial charge < -0.3 is 9.47 Å². The van der Waals surface area contributed by atoms with Crippen molar-refractivity contribution in [2.75, 3.05) is 0 Å². The van der Waals surface area contributed by atoms with Crippen LogP contribution >= 0.6 is 0 Å². The second-order valence-corrected chi connectivity index (χ2v) is 7.42. The third-order valence-corrected chi connectivity index (χ3v) is 4.21. The van der Waals surface area contributed by atoms with Gasteiger partial charge in [0, 0.05) is 5.41 Å². The molecule has 0 aliphatic heterocycles. The van der Waals surface area contributed by atoms with Gasteiger partial charge in [-0.1, -0.05) is 52.0 Å². The standard InChI is InChI=1S/C22H28O3/c1-15(2)21(23)25-20-13-9-18(10-14-20)22(5,6)17-7-11-19(12-8-17)24-16(3)4/h7-16H,1-6H3. The molecule has 2 rings (SSSR count). The van der Waals surface area contributed by atoms with E-state index in [1.165, 1.54) is 5.56 Å². The third kappa shape index (κ3) is 4.85. The summed E-state index contributed by atoms with van der Waals surface area (Å²) in [6, 6.07) is 16.0. The van der Waals surface area contributed by atoms with Gasteiger partial charge >= 0.3 is 5.97 Å². The minimum absolute atomic E-state index is 0.136. The molecule has 0 bridgehead atoms. The molecule has 0 heterocycles. The van der Waals surface area contributed by atoms with Crippen LogP contribution in [0, 0.1) is 5.92 Å². The van der Waals surface area contributed by atoms with Gasteiger partial charge in [0.2, 0.25) is 0 Å². The summed E-state index contributed by atoms with van der Waals surface area (Å²) in [5, 5.41) is 0. The number of hydrogen-bond donors (Lipinski definition) is 0. The van der Waals surface area contributed by atoms with Crippen molar-refractivity contribution >= 4 is 5.97 Å². The summed E-state index contributed by atoms with van der Waals surface area (Å²) in [5.74, 6) is 1.11. The van der Waals surface area contributed by atoms with Gasteiger partial charge in [0.1, 0.15) is 11.5 Å². The van der Waals surface area contributed by atoms with E-state index in [1.54, 1.807) is 0 Å². The van der Waals surface area contributed by atoms with E-state index in [0.29, 0.717) is 5.75 Å². The summed E-state index contributed by atoms with van der Waals surface area (Å²) in [4.78, 5) is 11.7. The van der Waals surface area contributed by atoms with Gasteiger partial charge in [-0.25, -0.2) is 0 Å². The highest BCUT2D eigenvalue weighted by Gasteiger charge is 2.23. The van der Waals surface area contributed by atoms with Crippen molar-refractivity contribution in [3.63, 3.8) is 0 Å². The second kappa shape index (κ2) is 7.73. The van der Waals surface area contributed by atoms with Crippen LogP contribution in [0.4, 0.5) is 0 Å². The Balaban J connectivity index is 2.17. The van der Waals surface area contributed by atoms with E-state index in [1.807, 2.05) is 64.1 Å². The zero-order valence-corrected chi connectivity index (χ0v) is 16.0. The minimum Gasteiger partial charge on any atom is -0.491 e. The second-order valence-electron chi connectivity index (χ2n) is 7.42. The molecule has 0 saturated heterocycles. The maximum Gasteiger partial charge on any atom is 0.313 e. The molecule has 0 spiro atoms. The molecule has 0 aromatic heterocycles. The number of benzene rings is 2. The van der Waals surface area contributed by atoms with Gasteiger partial charge in [0.25, 0.3) is 0 Å². The van der Waals surface area contributed by atoms with Crippen LogP contribution in [0.1, 0.15) is 52.7 Å². The molecular formula is C22H28O3. The molecule has 0 N–H and O–H groups in total. The Labute approximate surface area is 151 Å². The molecule has 25 heavy (non-hydrogen) atoms. The van der Waals surface area contributed by atoms with Crippen LogP contribution in [-0.4, -0.2) is 12.1 Å². The third-order valence-electron chi connectivity index (χ3n) is 4.21. The molecule has 3 nitrogen and oxygen atoms in total. The van der Waals surface area contributed by atoms with Crippen LogP contribution in [0.5, 0.6) is 11.5 Å². The molecule has 3 heteroatoms. The highest BCUT2D eigenvalue weighted by Crippen LogP contribution is 2.33. The summed E-state index contributed by atoms with van der Waals surface area (Å²) in [5.41, 5.74) is 2.21. The molecule has 0 aliphatic rings. The number of carbonyl (C=O) groups is 1. The summed E-state index contributed by atoms with van der Waals surface area (Å²) < 4.78 is 11.1. The first-order valence-electron chi connectivity index (χ1n) is 8.79. The van der Waals surface area contributed by atoms with E-state index >= 15 is 0 Å². The number of rotatable bonds is 6. The van der Waals surface area contributed by atoms with Gasteiger partial charge in [-0.15, -0.1) is 0 Å². The Morgan fingerprint density at radius 2 is 1.24 bits per heavy atom. The van der Waals surface area contributed by atoms with Crippen molar-refractivity contribution < 1.29 is 14.3 Å². The van der Waals surface area contributed by atoms with Gasteiger partial charge in [0.05, 0.1) is 12.0 Å². The molecule has 2 aromatic carbocycles. The summed E-state index contributed by atoms with van der Waals surface area (Å²) in [6.45, 7) is 12.1. The lowest BCUT2D eigenvalue weighted by atomic mass is 9.78. The first-order valence-corrected chi connectivity index (χ1v) is 8.79. The van der Waals surface area contributed by atoms with E-state index < -0.39 is 0 Å². The van der Waals surface area contributed by atoms with Gasteiger partial charge in [-0.2, -0.15) is 0 Å². The van der Waals surface area contributed by atoms with Crippen molar-refractivity contribution in [1.29, 1.82) is 0 Å². The molecule has 0 aliphatic carbocycles. The predicted molar refractivity (Wildman–Crippen MR) is 101 cm³/mol. The first kappa shape index (κ1) is 19.0. The summed E-state index contributed by atoms with van der Waals surface area (Å²) in [7, 11) is 0. The van der Waals surface area contributed by atoms with E-state index in [-0.39, 0.29) is 23.4 Å². The molecule has 0 unspecified atom stereocenters. The Bertz CT molecular complexity index is 695. The molecule has 0 amide bonds. The van der Waals surface area contributed by atoms with E-state index in [4.69, 9.17) is 9.47 Å². The first-order chi connectivity index (χ1) is 11.7. The average molecular weight is 340 g/mol. The SMILES string of the molecule is CC(C)Oc1ccc(C(C)(C)c2ccc(OC(=O)C(C)C)cc2)cc1. The predicted octanol–water partition coefficient (Wildman–Crippen LogP) is 5.36. The zero-order valence-electron chi connectivity index (χ0n) is 16.0. The topological polar surface area (TPSA) is 35.5 Å². The van der Waals surface area contributed by atoms with Gasteiger partial charge in [-0.3, -0.25) is 4.79 Å². The van der Waals surface area contributed by atoms with Gasteiger partial charge in [-0.05, 0) is 49.2 Å². The van der Waals surface area contributed by atoms with Crippen molar-refractivity contribution in [1.82, 2.24) is 0 Å². The molecule has 2 aromatic rings. The summed E-state index contributed by atoms with van der Waals surface area (Å²) >= 11 is 0. The van der Waals surface area contributed by atoms with Crippen LogP contribution in [0.3, 0.4) is 0 Å². The Hall–Kier alpha value is -2.29. The van der Waals surface area contributed by atoms with Crippen LogP contribution in [0.15, 0.2) is 48.5 Å². The monoisotopic (exact) mass is 340 g/mol. The smallest absolute Gasteiger partial charge is 0.313 e. The average Bonchev–Trinajstić information content (AvgIpc) is 2.55. The minimum atomic E-state index is -0.215. The van der Waals surface area contributed by atoms with E-state index in [9.17, 15) is 4.79 Å². The lowest BCUT2D eigenvalue weighted by molar-refractivity contribution is -0.137. The maximum atomic E-state index is 11.7. The van der Waals surface area contributed by atoms with Crippen LogP contribution < -0.4 is 9.47 Å². The molecule has 0 fully saturated rings. The Morgan fingerprint density at radius 1 is 0.800 bits per heavy atom. The Morgan fingerprint density at radius 3 is 1.64 bits per heavy atom. The highest BCUT2D eigenvalue weighted by molar-refractivity contribution is 5.74. The lowest BCUT2D eigenvalue weighted by Gasteiger charge is -2.26. The summed E-state index contributed by atoms with van der Waals surface area (Å²) in [6.07, 6.45) is 0.167. The van der Waals surface area contributed by atoms with E-state index in [0.717, 1.165) is 11.3 Å². The fourth-order valence-corrected chi connectivity index (χ4v) is 2.56. The molecule has 0 atom stereocenters. The van der Waals surface area contributed by atoms with Crippen molar-refractivity contribution in [3.05, 3.63) is 59.7 Å². The zero-order chi connectivity index (χ0) is 18.6. The van der Waals surface area contributed by atoms with Crippen molar-refractivity contribution in [3.8, 4) is 11.5 Å². The molecule has 134 valence electrons. The normalized spacial score (nSPS) is 11.7. The molecule has 0 saturated carbocycles. The highest BCUT2D eigenvalue weighted by atomic mass is 16.5. The fourth-order valence-electron chi connectivity index (χ4n) is 2.56. The Kier molecular flexibility index (Phi) is 5.89. The van der Waals surface area contributed by atoms with Crippen LogP contribution in [0.2, 0.25) is 0 Å². The van der Waals surface area contributed by atoms with Crippen molar-refractivity contribution in [2.45, 2.75) is 53.1 Å². The largest absolute Gasteiger partial charge is 0.491 e. The number of ether oxygens (including phenoxy) is 2. The molecule has 0 radical (unpaired) electrons. The van der Waals surface area contributed by atoms with Crippen LogP contribution in [0.25, 0.3) is 0 Å². The van der Waals surface area contributed by atoms with Crippen molar-refractivity contribution in [2.24, 2.45) is 5.92 Å². The van der Waals surface area contributed by atoms with Crippen LogP contribution in [-0.2, 0) is 10.2 Å². The number of esters is 1. The maximum absolute atomic E-state index is 11.7.